The van der Waals surface area contributed by atoms with E-state index < -0.39 is 6.36 Å². The third-order valence-electron chi connectivity index (χ3n) is 4.40. The van der Waals surface area contributed by atoms with Gasteiger partial charge >= 0.3 is 6.36 Å². The highest BCUT2D eigenvalue weighted by Crippen LogP contribution is 2.23. The van der Waals surface area contributed by atoms with Gasteiger partial charge < -0.3 is 25.0 Å². The summed E-state index contributed by atoms with van der Waals surface area (Å²) < 4.78 is 45.0. The van der Waals surface area contributed by atoms with Crippen LogP contribution in [0.5, 0.6) is 5.75 Å². The standard InChI is InChI=1S/C19H25F3N4O5/c1-30-13-17(28)23-7-6-18(29)26-10-8-25(9-11-26)12-16(27)24-14-2-4-15(5-3-14)31-19(20,21)22/h2-5H,6-13H2,1H3,(H,23,28)(H,24,27). The number of carbonyl (C=O) groups excluding carboxylic acids is 3. The molecule has 12 heteroatoms. The monoisotopic (exact) mass is 446 g/mol. The zero-order chi connectivity index (χ0) is 22.9. The molecule has 1 saturated heterocycles. The summed E-state index contributed by atoms with van der Waals surface area (Å²) in [6.07, 6.45) is -4.59. The number of hydrogen-bond acceptors (Lipinski definition) is 6. The Morgan fingerprint density at radius 3 is 2.26 bits per heavy atom. The van der Waals surface area contributed by atoms with Crippen LogP contribution in [0.4, 0.5) is 18.9 Å². The maximum absolute atomic E-state index is 12.2. The van der Waals surface area contributed by atoms with E-state index in [1.165, 1.54) is 19.2 Å². The Bertz CT molecular complexity index is 750. The number of alkyl halides is 3. The molecule has 1 heterocycles. The molecule has 1 aliphatic heterocycles. The molecule has 1 fully saturated rings. The summed E-state index contributed by atoms with van der Waals surface area (Å²) >= 11 is 0. The first-order chi connectivity index (χ1) is 14.7. The topological polar surface area (TPSA) is 100 Å². The first kappa shape index (κ1) is 24.4. The number of ether oxygens (including phenoxy) is 2. The number of anilines is 1. The van der Waals surface area contributed by atoms with E-state index in [1.807, 2.05) is 4.90 Å². The van der Waals surface area contributed by atoms with Gasteiger partial charge in [0.25, 0.3) is 0 Å². The van der Waals surface area contributed by atoms with Crippen LogP contribution < -0.4 is 15.4 Å². The Morgan fingerprint density at radius 2 is 1.68 bits per heavy atom. The number of amides is 3. The summed E-state index contributed by atoms with van der Waals surface area (Å²) in [7, 11) is 1.41. The van der Waals surface area contributed by atoms with Gasteiger partial charge in [0.2, 0.25) is 17.7 Å². The van der Waals surface area contributed by atoms with Crippen LogP contribution >= 0.6 is 0 Å². The number of halogens is 3. The Kier molecular flexibility index (Phi) is 9.06. The molecule has 2 N–H and O–H groups in total. The smallest absolute Gasteiger partial charge is 0.406 e. The molecule has 0 spiro atoms. The fourth-order valence-corrected chi connectivity index (χ4v) is 2.95. The molecule has 0 aromatic heterocycles. The molecular formula is C19H25F3N4O5. The van der Waals surface area contributed by atoms with Crippen LogP contribution in [0, 0.1) is 0 Å². The molecule has 0 unspecified atom stereocenters. The average molecular weight is 446 g/mol. The Balaban J connectivity index is 1.68. The average Bonchev–Trinajstić information content (AvgIpc) is 2.69. The van der Waals surface area contributed by atoms with E-state index >= 15 is 0 Å². The van der Waals surface area contributed by atoms with Crippen molar-refractivity contribution in [3.05, 3.63) is 24.3 Å². The highest BCUT2D eigenvalue weighted by Gasteiger charge is 2.31. The number of piperazine rings is 1. The minimum Gasteiger partial charge on any atom is -0.406 e. The number of hydrogen-bond donors (Lipinski definition) is 2. The molecular weight excluding hydrogens is 421 g/mol. The summed E-state index contributed by atoms with van der Waals surface area (Å²) in [5, 5.41) is 5.20. The summed E-state index contributed by atoms with van der Waals surface area (Å²) in [5.41, 5.74) is 0.351. The minimum absolute atomic E-state index is 0.0552. The molecule has 9 nitrogen and oxygen atoms in total. The SMILES string of the molecule is COCC(=O)NCCC(=O)N1CCN(CC(=O)Nc2ccc(OC(F)(F)F)cc2)CC1. The van der Waals surface area contributed by atoms with Crippen molar-refractivity contribution in [2.24, 2.45) is 0 Å². The van der Waals surface area contributed by atoms with Crippen LogP contribution in [-0.4, -0.2) is 86.9 Å². The second-order valence-electron chi connectivity index (χ2n) is 6.81. The number of nitrogens with zero attached hydrogens (tertiary/aromatic N) is 2. The second-order valence-corrected chi connectivity index (χ2v) is 6.81. The zero-order valence-corrected chi connectivity index (χ0v) is 17.0. The van der Waals surface area contributed by atoms with Gasteiger partial charge in [0.15, 0.2) is 0 Å². The van der Waals surface area contributed by atoms with Crippen molar-refractivity contribution in [3.63, 3.8) is 0 Å². The number of rotatable bonds is 9. The normalized spacial score (nSPS) is 14.8. The van der Waals surface area contributed by atoms with Crippen LogP contribution in [0.2, 0.25) is 0 Å². The van der Waals surface area contributed by atoms with E-state index in [-0.39, 0.29) is 49.6 Å². The molecule has 1 aliphatic rings. The van der Waals surface area contributed by atoms with Crippen LogP contribution in [0.3, 0.4) is 0 Å². The molecule has 1 aromatic carbocycles. The fourth-order valence-electron chi connectivity index (χ4n) is 2.95. The van der Waals surface area contributed by atoms with Gasteiger partial charge in [-0.25, -0.2) is 0 Å². The predicted molar refractivity (Wildman–Crippen MR) is 104 cm³/mol. The number of carbonyl (C=O) groups is 3. The van der Waals surface area contributed by atoms with E-state index in [2.05, 4.69) is 20.1 Å². The molecule has 172 valence electrons. The lowest BCUT2D eigenvalue weighted by molar-refractivity contribution is -0.274. The van der Waals surface area contributed by atoms with Gasteiger partial charge in [-0.2, -0.15) is 0 Å². The molecule has 2 rings (SSSR count). The van der Waals surface area contributed by atoms with Gasteiger partial charge in [-0.05, 0) is 24.3 Å². The van der Waals surface area contributed by atoms with Crippen molar-refractivity contribution in [1.29, 1.82) is 0 Å². The van der Waals surface area contributed by atoms with Crippen molar-refractivity contribution < 1.29 is 37.0 Å². The van der Waals surface area contributed by atoms with E-state index in [9.17, 15) is 27.6 Å². The van der Waals surface area contributed by atoms with Gasteiger partial charge in [-0.3, -0.25) is 19.3 Å². The highest BCUT2D eigenvalue weighted by molar-refractivity contribution is 5.92. The largest absolute Gasteiger partial charge is 0.573 e. The molecule has 0 radical (unpaired) electrons. The van der Waals surface area contributed by atoms with Crippen LogP contribution in [-0.2, 0) is 19.1 Å². The maximum atomic E-state index is 12.2. The van der Waals surface area contributed by atoms with Crippen LogP contribution in [0.1, 0.15) is 6.42 Å². The summed E-state index contributed by atoms with van der Waals surface area (Å²) in [5.74, 6) is -1.05. The van der Waals surface area contributed by atoms with Gasteiger partial charge in [-0.1, -0.05) is 0 Å². The quantitative estimate of drug-likeness (QED) is 0.583. The lowest BCUT2D eigenvalue weighted by Crippen LogP contribution is -2.50. The van der Waals surface area contributed by atoms with E-state index in [0.717, 1.165) is 12.1 Å². The first-order valence-corrected chi connectivity index (χ1v) is 9.57. The second kappa shape index (κ2) is 11.5. The van der Waals surface area contributed by atoms with Gasteiger partial charge in [0.1, 0.15) is 12.4 Å². The Labute approximate surface area is 177 Å². The molecule has 0 atom stereocenters. The summed E-state index contributed by atoms with van der Waals surface area (Å²) in [4.78, 5) is 39.2. The third kappa shape index (κ3) is 9.22. The molecule has 1 aromatic rings. The predicted octanol–water partition coefficient (Wildman–Crippen LogP) is 0.821. The van der Waals surface area contributed by atoms with Gasteiger partial charge in [-0.15, -0.1) is 13.2 Å². The molecule has 3 amide bonds. The van der Waals surface area contributed by atoms with Crippen LogP contribution in [0.15, 0.2) is 24.3 Å². The van der Waals surface area contributed by atoms with Gasteiger partial charge in [0, 0.05) is 51.9 Å². The highest BCUT2D eigenvalue weighted by atomic mass is 19.4. The van der Waals surface area contributed by atoms with E-state index in [1.54, 1.807) is 4.90 Å². The summed E-state index contributed by atoms with van der Waals surface area (Å²) in [6.45, 7) is 2.21. The zero-order valence-electron chi connectivity index (χ0n) is 17.0. The third-order valence-corrected chi connectivity index (χ3v) is 4.40. The Hall–Kier alpha value is -2.86. The van der Waals surface area contributed by atoms with Crippen molar-refractivity contribution in [2.45, 2.75) is 12.8 Å². The van der Waals surface area contributed by atoms with Crippen LogP contribution in [0.25, 0.3) is 0 Å². The van der Waals surface area contributed by atoms with Crippen molar-refractivity contribution >= 4 is 23.4 Å². The van der Waals surface area contributed by atoms with E-state index in [0.29, 0.717) is 31.9 Å². The Morgan fingerprint density at radius 1 is 1.03 bits per heavy atom. The summed E-state index contributed by atoms with van der Waals surface area (Å²) in [6, 6.07) is 4.87. The minimum atomic E-state index is -4.77. The fraction of sp³-hybridized carbons (Fsp3) is 0.526. The number of methoxy groups -OCH3 is 1. The molecule has 0 saturated carbocycles. The van der Waals surface area contributed by atoms with Gasteiger partial charge in [0.05, 0.1) is 6.54 Å². The lowest BCUT2D eigenvalue weighted by atomic mass is 10.2. The number of benzene rings is 1. The molecule has 31 heavy (non-hydrogen) atoms. The lowest BCUT2D eigenvalue weighted by Gasteiger charge is -2.34. The molecule has 0 bridgehead atoms. The van der Waals surface area contributed by atoms with E-state index in [4.69, 9.17) is 0 Å². The first-order valence-electron chi connectivity index (χ1n) is 9.57. The number of nitrogens with one attached hydrogen (secondary N) is 2. The molecule has 0 aliphatic carbocycles. The maximum Gasteiger partial charge on any atom is 0.573 e. The van der Waals surface area contributed by atoms with Crippen molar-refractivity contribution in [1.82, 2.24) is 15.1 Å². The van der Waals surface area contributed by atoms with Crippen molar-refractivity contribution in [2.75, 3.05) is 58.3 Å². The van der Waals surface area contributed by atoms with Crippen molar-refractivity contribution in [3.8, 4) is 5.75 Å².